The van der Waals surface area contributed by atoms with Gasteiger partial charge in [-0.05, 0) is 48.9 Å². The first kappa shape index (κ1) is 16.9. The number of carbonyl (C=O) groups is 1. The molecule has 1 aliphatic rings. The molecule has 1 fully saturated rings. The van der Waals surface area contributed by atoms with E-state index < -0.39 is 0 Å². The topological polar surface area (TPSA) is 60.5 Å². The van der Waals surface area contributed by atoms with Gasteiger partial charge in [0.1, 0.15) is 5.75 Å². The monoisotopic (exact) mass is 346 g/mol. The minimum absolute atomic E-state index is 0.0452. The van der Waals surface area contributed by atoms with E-state index in [0.717, 1.165) is 42.9 Å². The number of aryl methyl sites for hydroxylation is 1. The van der Waals surface area contributed by atoms with Crippen LogP contribution in [0.3, 0.4) is 0 Å². The lowest BCUT2D eigenvalue weighted by molar-refractivity contribution is -0.115. The quantitative estimate of drug-likeness (QED) is 0.900. The van der Waals surface area contributed by atoms with E-state index in [4.69, 9.17) is 9.47 Å². The second-order valence-electron chi connectivity index (χ2n) is 5.97. The van der Waals surface area contributed by atoms with E-state index in [2.05, 4.69) is 10.3 Å². The number of ether oxygens (including phenoxy) is 2. The number of hydrogen-bond acceptors (Lipinski definition) is 5. The average molecular weight is 346 g/mol. The molecule has 1 amide bonds. The fourth-order valence-electron chi connectivity index (χ4n) is 2.85. The van der Waals surface area contributed by atoms with E-state index in [1.165, 1.54) is 4.88 Å². The number of hydrogen-bond donors (Lipinski definition) is 1. The Morgan fingerprint density at radius 1 is 1.42 bits per heavy atom. The van der Waals surface area contributed by atoms with Crippen LogP contribution >= 0.6 is 11.3 Å². The molecule has 6 heteroatoms. The Morgan fingerprint density at radius 2 is 2.21 bits per heavy atom. The summed E-state index contributed by atoms with van der Waals surface area (Å²) in [6, 6.07) is 5.75. The summed E-state index contributed by atoms with van der Waals surface area (Å²) in [5, 5.41) is 3.59. The van der Waals surface area contributed by atoms with Gasteiger partial charge in [-0.25, -0.2) is 4.98 Å². The zero-order valence-electron chi connectivity index (χ0n) is 14.0. The van der Waals surface area contributed by atoms with Gasteiger partial charge in [-0.1, -0.05) is 6.07 Å². The molecule has 24 heavy (non-hydrogen) atoms. The van der Waals surface area contributed by atoms with Crippen LogP contribution in [-0.2, 0) is 16.0 Å². The fraction of sp³-hybridized carbons (Fsp3) is 0.444. The van der Waals surface area contributed by atoms with Crippen molar-refractivity contribution in [3.63, 3.8) is 0 Å². The van der Waals surface area contributed by atoms with E-state index in [-0.39, 0.29) is 5.91 Å². The van der Waals surface area contributed by atoms with Crippen LogP contribution in [0.5, 0.6) is 5.75 Å². The highest BCUT2D eigenvalue weighted by Gasteiger charge is 2.19. The zero-order valence-corrected chi connectivity index (χ0v) is 14.8. The third-order valence-corrected chi connectivity index (χ3v) is 5.37. The number of nitrogens with one attached hydrogen (secondary N) is 1. The number of aromatic nitrogens is 1. The smallest absolute Gasteiger partial charge is 0.230 e. The third-order valence-electron chi connectivity index (χ3n) is 4.29. The van der Waals surface area contributed by atoms with Crippen LogP contribution in [0.2, 0.25) is 0 Å². The molecule has 5 nitrogen and oxygen atoms in total. The first-order chi connectivity index (χ1) is 11.7. The molecule has 0 bridgehead atoms. The van der Waals surface area contributed by atoms with E-state index in [9.17, 15) is 4.79 Å². The van der Waals surface area contributed by atoms with Crippen LogP contribution in [-0.4, -0.2) is 31.2 Å². The number of thiazole rings is 1. The second-order valence-corrected chi connectivity index (χ2v) is 7.03. The maximum atomic E-state index is 12.3. The molecular formula is C18H22N2O3S. The minimum Gasteiger partial charge on any atom is -0.497 e. The first-order valence-corrected chi connectivity index (χ1v) is 8.94. The van der Waals surface area contributed by atoms with Crippen molar-refractivity contribution in [1.82, 2.24) is 4.98 Å². The Morgan fingerprint density at radius 3 is 2.92 bits per heavy atom. The van der Waals surface area contributed by atoms with Gasteiger partial charge in [0.15, 0.2) is 5.13 Å². The molecule has 1 aliphatic heterocycles. The summed E-state index contributed by atoms with van der Waals surface area (Å²) in [4.78, 5) is 17.9. The lowest BCUT2D eigenvalue weighted by Crippen LogP contribution is -2.15. The summed E-state index contributed by atoms with van der Waals surface area (Å²) in [6.45, 7) is 3.60. The van der Waals surface area contributed by atoms with Crippen molar-refractivity contribution in [3.8, 4) is 5.75 Å². The van der Waals surface area contributed by atoms with Crippen molar-refractivity contribution in [2.75, 3.05) is 25.6 Å². The van der Waals surface area contributed by atoms with Crippen LogP contribution in [0, 0.1) is 6.92 Å². The van der Waals surface area contributed by atoms with Gasteiger partial charge in [0, 0.05) is 24.3 Å². The predicted molar refractivity (Wildman–Crippen MR) is 95.0 cm³/mol. The number of carbonyl (C=O) groups excluding carboxylic acids is 1. The van der Waals surface area contributed by atoms with Gasteiger partial charge >= 0.3 is 0 Å². The van der Waals surface area contributed by atoms with Crippen LogP contribution < -0.4 is 10.1 Å². The average Bonchev–Trinajstić information content (AvgIpc) is 3.06. The Labute approximate surface area is 146 Å². The lowest BCUT2D eigenvalue weighted by Gasteiger charge is -2.20. The number of methoxy groups -OCH3 is 1. The van der Waals surface area contributed by atoms with Crippen LogP contribution in [0.1, 0.15) is 34.8 Å². The molecule has 2 aromatic rings. The van der Waals surface area contributed by atoms with Crippen molar-refractivity contribution >= 4 is 22.4 Å². The van der Waals surface area contributed by atoms with Gasteiger partial charge in [0.25, 0.3) is 0 Å². The Hall–Kier alpha value is -1.92. The summed E-state index contributed by atoms with van der Waals surface area (Å²) in [5.41, 5.74) is 2.04. The SMILES string of the molecule is COc1ccc(CC(=O)Nc2ncc(C3CCOCC3)s2)c(C)c1. The summed E-state index contributed by atoms with van der Waals surface area (Å²) < 4.78 is 10.6. The zero-order chi connectivity index (χ0) is 16.9. The maximum absolute atomic E-state index is 12.3. The molecule has 1 aromatic carbocycles. The van der Waals surface area contributed by atoms with Crippen LogP contribution in [0.25, 0.3) is 0 Å². The molecule has 1 saturated heterocycles. The lowest BCUT2D eigenvalue weighted by atomic mass is 9.99. The fourth-order valence-corrected chi connectivity index (χ4v) is 3.85. The number of amides is 1. The third kappa shape index (κ3) is 4.13. The minimum atomic E-state index is -0.0452. The summed E-state index contributed by atoms with van der Waals surface area (Å²) >= 11 is 1.57. The normalized spacial score (nSPS) is 15.2. The largest absolute Gasteiger partial charge is 0.497 e. The van der Waals surface area contributed by atoms with Gasteiger partial charge in [-0.15, -0.1) is 11.3 Å². The highest BCUT2D eigenvalue weighted by Crippen LogP contribution is 2.32. The summed E-state index contributed by atoms with van der Waals surface area (Å²) in [5.74, 6) is 1.26. The van der Waals surface area contributed by atoms with Crippen molar-refractivity contribution in [2.24, 2.45) is 0 Å². The van der Waals surface area contributed by atoms with Gasteiger partial charge in [0.05, 0.1) is 13.5 Å². The first-order valence-electron chi connectivity index (χ1n) is 8.12. The molecule has 128 valence electrons. The molecule has 2 heterocycles. The predicted octanol–water partition coefficient (Wildman–Crippen LogP) is 3.54. The second kappa shape index (κ2) is 7.77. The summed E-state index contributed by atoms with van der Waals surface area (Å²) in [6.07, 6.45) is 4.28. The molecule has 1 N–H and O–H groups in total. The van der Waals surface area contributed by atoms with E-state index in [1.54, 1.807) is 18.4 Å². The highest BCUT2D eigenvalue weighted by atomic mass is 32.1. The number of rotatable bonds is 5. The van der Waals surface area contributed by atoms with Crippen LogP contribution in [0.4, 0.5) is 5.13 Å². The standard InChI is InChI=1S/C18H22N2O3S/c1-12-9-15(22-2)4-3-14(12)10-17(21)20-18-19-11-16(24-18)13-5-7-23-8-6-13/h3-4,9,11,13H,5-8,10H2,1-2H3,(H,19,20,21). The van der Waals surface area contributed by atoms with Gasteiger partial charge < -0.3 is 14.8 Å². The van der Waals surface area contributed by atoms with Crippen molar-refractivity contribution in [2.45, 2.75) is 32.1 Å². The molecule has 0 atom stereocenters. The Balaban J connectivity index is 1.60. The molecule has 0 unspecified atom stereocenters. The summed E-state index contributed by atoms with van der Waals surface area (Å²) in [7, 11) is 1.64. The van der Waals surface area contributed by atoms with Crippen LogP contribution in [0.15, 0.2) is 24.4 Å². The van der Waals surface area contributed by atoms with Gasteiger partial charge in [0.2, 0.25) is 5.91 Å². The van der Waals surface area contributed by atoms with Crippen molar-refractivity contribution in [3.05, 3.63) is 40.4 Å². The van der Waals surface area contributed by atoms with E-state index in [1.807, 2.05) is 31.3 Å². The molecule has 0 radical (unpaired) electrons. The molecule has 3 rings (SSSR count). The Kier molecular flexibility index (Phi) is 5.48. The highest BCUT2D eigenvalue weighted by molar-refractivity contribution is 7.15. The number of nitrogens with zero attached hydrogens (tertiary/aromatic N) is 1. The maximum Gasteiger partial charge on any atom is 0.230 e. The molecular weight excluding hydrogens is 324 g/mol. The van der Waals surface area contributed by atoms with Crippen molar-refractivity contribution < 1.29 is 14.3 Å². The van der Waals surface area contributed by atoms with Gasteiger partial charge in [-0.3, -0.25) is 4.79 Å². The number of anilines is 1. The van der Waals surface area contributed by atoms with Gasteiger partial charge in [-0.2, -0.15) is 0 Å². The molecule has 1 aromatic heterocycles. The molecule has 0 aliphatic carbocycles. The molecule has 0 spiro atoms. The number of benzene rings is 1. The van der Waals surface area contributed by atoms with E-state index in [0.29, 0.717) is 17.5 Å². The van der Waals surface area contributed by atoms with E-state index >= 15 is 0 Å². The van der Waals surface area contributed by atoms with Crippen molar-refractivity contribution in [1.29, 1.82) is 0 Å². The molecule has 0 saturated carbocycles. The Bertz CT molecular complexity index is 708.